The first kappa shape index (κ1) is 20.6. The van der Waals surface area contributed by atoms with E-state index < -0.39 is 11.4 Å². The number of halogens is 1. The van der Waals surface area contributed by atoms with Crippen molar-refractivity contribution >= 4 is 6.08 Å². The first-order valence-electron chi connectivity index (χ1n) is 9.92. The van der Waals surface area contributed by atoms with Gasteiger partial charge in [-0.1, -0.05) is 48.9 Å². The number of aliphatic hydroxyl groups is 1. The van der Waals surface area contributed by atoms with Crippen molar-refractivity contribution in [3.63, 3.8) is 0 Å². The van der Waals surface area contributed by atoms with E-state index in [2.05, 4.69) is 11.0 Å². The van der Waals surface area contributed by atoms with Crippen LogP contribution in [0, 0.1) is 11.7 Å². The van der Waals surface area contributed by atoms with Gasteiger partial charge in [0, 0.05) is 12.5 Å². The van der Waals surface area contributed by atoms with E-state index in [0.29, 0.717) is 5.56 Å². The van der Waals surface area contributed by atoms with E-state index in [9.17, 15) is 9.50 Å². The van der Waals surface area contributed by atoms with Gasteiger partial charge in [-0.05, 0) is 62.2 Å². The Labute approximate surface area is 167 Å². The van der Waals surface area contributed by atoms with Gasteiger partial charge in [-0.3, -0.25) is 0 Å². The molecule has 1 aliphatic rings. The zero-order valence-electron chi connectivity index (χ0n) is 17.0. The molecular weight excluding hydrogens is 353 g/mol. The summed E-state index contributed by atoms with van der Waals surface area (Å²) in [6.07, 6.45) is 5.84. The fourth-order valence-corrected chi connectivity index (χ4v) is 4.29. The van der Waals surface area contributed by atoms with Crippen molar-refractivity contribution in [2.75, 3.05) is 27.7 Å². The van der Waals surface area contributed by atoms with Crippen molar-refractivity contribution in [1.82, 2.24) is 4.90 Å². The molecule has 2 atom stereocenters. The summed E-state index contributed by atoms with van der Waals surface area (Å²) in [6.45, 7) is 0.732. The van der Waals surface area contributed by atoms with Crippen molar-refractivity contribution < 1.29 is 14.2 Å². The van der Waals surface area contributed by atoms with E-state index in [-0.39, 0.29) is 11.7 Å². The zero-order chi connectivity index (χ0) is 20.1. The van der Waals surface area contributed by atoms with Crippen LogP contribution in [0.25, 0.3) is 6.08 Å². The maximum atomic E-state index is 14.6. The van der Waals surface area contributed by atoms with E-state index in [0.717, 1.165) is 43.4 Å². The molecular formula is C24H30FNO2. The molecule has 0 saturated heterocycles. The van der Waals surface area contributed by atoms with Gasteiger partial charge in [-0.2, -0.15) is 0 Å². The van der Waals surface area contributed by atoms with E-state index in [1.54, 1.807) is 12.1 Å². The van der Waals surface area contributed by atoms with Crippen molar-refractivity contribution in [3.05, 3.63) is 71.0 Å². The molecule has 2 aromatic carbocycles. The van der Waals surface area contributed by atoms with Gasteiger partial charge < -0.3 is 14.7 Å². The van der Waals surface area contributed by atoms with Crippen LogP contribution >= 0.6 is 0 Å². The molecule has 2 aromatic rings. The lowest BCUT2D eigenvalue weighted by Gasteiger charge is -2.39. The second-order valence-electron chi connectivity index (χ2n) is 7.90. The molecule has 3 nitrogen and oxygen atoms in total. The van der Waals surface area contributed by atoms with Crippen LogP contribution in [0.1, 0.15) is 36.8 Å². The number of hydrogen-bond acceptors (Lipinski definition) is 3. The molecule has 2 unspecified atom stereocenters. The minimum atomic E-state index is -1.22. The molecule has 0 amide bonds. The SMILES string of the molecule is COc1ccc(C2(O)C(=Cc3ccccc3)CCCCC2CN(C)C)cc1F. The van der Waals surface area contributed by atoms with Crippen molar-refractivity contribution in [3.8, 4) is 5.75 Å². The van der Waals surface area contributed by atoms with Gasteiger partial charge >= 0.3 is 0 Å². The molecule has 1 fully saturated rings. The largest absolute Gasteiger partial charge is 0.494 e. The molecule has 0 radical (unpaired) electrons. The summed E-state index contributed by atoms with van der Waals surface area (Å²) < 4.78 is 19.6. The van der Waals surface area contributed by atoms with Gasteiger partial charge in [0.25, 0.3) is 0 Å². The first-order chi connectivity index (χ1) is 13.4. The topological polar surface area (TPSA) is 32.7 Å². The Hall–Kier alpha value is -2.17. The molecule has 3 rings (SSSR count). The summed E-state index contributed by atoms with van der Waals surface area (Å²) in [7, 11) is 5.48. The third-order valence-electron chi connectivity index (χ3n) is 5.65. The number of nitrogens with zero attached hydrogens (tertiary/aromatic N) is 1. The average Bonchev–Trinajstić information content (AvgIpc) is 2.83. The van der Waals surface area contributed by atoms with Crippen LogP contribution in [0.4, 0.5) is 4.39 Å². The molecule has 28 heavy (non-hydrogen) atoms. The van der Waals surface area contributed by atoms with E-state index in [1.165, 1.54) is 13.2 Å². The van der Waals surface area contributed by atoms with E-state index in [4.69, 9.17) is 4.74 Å². The number of hydrogen-bond donors (Lipinski definition) is 1. The highest BCUT2D eigenvalue weighted by molar-refractivity contribution is 5.57. The van der Waals surface area contributed by atoms with E-state index in [1.807, 2.05) is 44.4 Å². The van der Waals surface area contributed by atoms with Crippen LogP contribution in [0.3, 0.4) is 0 Å². The van der Waals surface area contributed by atoms with Crippen molar-refractivity contribution in [2.45, 2.75) is 31.3 Å². The third kappa shape index (κ3) is 4.29. The smallest absolute Gasteiger partial charge is 0.165 e. The molecule has 4 heteroatoms. The fraction of sp³-hybridized carbons (Fsp3) is 0.417. The van der Waals surface area contributed by atoms with Gasteiger partial charge in [0.1, 0.15) is 5.60 Å². The number of methoxy groups -OCH3 is 1. The molecule has 1 aliphatic carbocycles. The Morgan fingerprint density at radius 2 is 1.93 bits per heavy atom. The predicted molar refractivity (Wildman–Crippen MR) is 112 cm³/mol. The normalized spacial score (nSPS) is 24.4. The Bertz CT molecular complexity index is 819. The number of benzene rings is 2. The summed E-state index contributed by atoms with van der Waals surface area (Å²) >= 11 is 0. The monoisotopic (exact) mass is 383 g/mol. The average molecular weight is 384 g/mol. The number of ether oxygens (including phenoxy) is 1. The lowest BCUT2D eigenvalue weighted by molar-refractivity contribution is 0.000200. The van der Waals surface area contributed by atoms with Crippen LogP contribution in [0.15, 0.2) is 54.1 Å². The maximum absolute atomic E-state index is 14.6. The molecule has 1 saturated carbocycles. The van der Waals surface area contributed by atoms with Crippen molar-refractivity contribution in [2.24, 2.45) is 5.92 Å². The molecule has 1 N–H and O–H groups in total. The van der Waals surface area contributed by atoms with Crippen molar-refractivity contribution in [1.29, 1.82) is 0 Å². The minimum Gasteiger partial charge on any atom is -0.494 e. The lowest BCUT2D eigenvalue weighted by Crippen LogP contribution is -2.41. The van der Waals surface area contributed by atoms with Crippen LogP contribution in [-0.4, -0.2) is 37.8 Å². The summed E-state index contributed by atoms with van der Waals surface area (Å²) in [5.74, 6) is -0.271. The maximum Gasteiger partial charge on any atom is 0.165 e. The molecule has 0 bridgehead atoms. The quantitative estimate of drug-likeness (QED) is 0.749. The number of rotatable bonds is 5. The van der Waals surface area contributed by atoms with Gasteiger partial charge in [0.15, 0.2) is 11.6 Å². The Kier molecular flexibility index (Phi) is 6.53. The minimum absolute atomic E-state index is 0.0206. The highest BCUT2D eigenvalue weighted by Gasteiger charge is 2.43. The van der Waals surface area contributed by atoms with Gasteiger partial charge in [0.2, 0.25) is 0 Å². The van der Waals surface area contributed by atoms with E-state index >= 15 is 0 Å². The molecule has 0 heterocycles. The molecule has 150 valence electrons. The van der Waals surface area contributed by atoms with Gasteiger partial charge in [-0.25, -0.2) is 4.39 Å². The third-order valence-corrected chi connectivity index (χ3v) is 5.65. The summed E-state index contributed by atoms with van der Waals surface area (Å²) in [5.41, 5.74) is 1.38. The second kappa shape index (κ2) is 8.89. The fourth-order valence-electron chi connectivity index (χ4n) is 4.29. The first-order valence-corrected chi connectivity index (χ1v) is 9.92. The van der Waals surface area contributed by atoms with Crippen LogP contribution in [0.5, 0.6) is 5.75 Å². The highest BCUT2D eigenvalue weighted by atomic mass is 19.1. The van der Waals surface area contributed by atoms with Gasteiger partial charge in [0.05, 0.1) is 7.11 Å². The summed E-state index contributed by atoms with van der Waals surface area (Å²) in [6, 6.07) is 14.9. The Morgan fingerprint density at radius 3 is 2.57 bits per heavy atom. The standard InChI is InChI=1S/C24H30FNO2/c1-26(2)17-21-12-8-7-11-19(15-18-9-5-4-6-10-18)24(21,27)20-13-14-23(28-3)22(25)16-20/h4-6,9-10,13-16,21,27H,7-8,11-12,17H2,1-3H3. The lowest BCUT2D eigenvalue weighted by atomic mass is 9.74. The second-order valence-corrected chi connectivity index (χ2v) is 7.90. The molecule has 0 aromatic heterocycles. The predicted octanol–water partition coefficient (Wildman–Crippen LogP) is 4.86. The van der Waals surface area contributed by atoms with Gasteiger partial charge in [-0.15, -0.1) is 0 Å². The zero-order valence-corrected chi connectivity index (χ0v) is 17.0. The Balaban J connectivity index is 2.15. The highest BCUT2D eigenvalue weighted by Crippen LogP contribution is 2.45. The Morgan fingerprint density at radius 1 is 1.18 bits per heavy atom. The van der Waals surface area contributed by atoms with Crippen LogP contribution < -0.4 is 4.74 Å². The molecule has 0 aliphatic heterocycles. The molecule has 0 spiro atoms. The van der Waals surface area contributed by atoms with Crippen LogP contribution in [-0.2, 0) is 5.60 Å². The summed E-state index contributed by atoms with van der Waals surface area (Å²) in [5, 5.41) is 12.1. The summed E-state index contributed by atoms with van der Waals surface area (Å²) in [4.78, 5) is 2.10. The van der Waals surface area contributed by atoms with Crippen LogP contribution in [0.2, 0.25) is 0 Å².